The normalized spacial score (nSPS) is 12.5. The van der Waals surface area contributed by atoms with Crippen molar-refractivity contribution in [2.45, 2.75) is 19.9 Å². The summed E-state index contributed by atoms with van der Waals surface area (Å²) in [6.45, 7) is 8.59. The third kappa shape index (κ3) is 3.98. The molecule has 0 bridgehead atoms. The van der Waals surface area contributed by atoms with Gasteiger partial charge < -0.3 is 4.74 Å². The van der Waals surface area contributed by atoms with Gasteiger partial charge in [-0.3, -0.25) is 4.90 Å². The minimum absolute atomic E-state index is 0.279. The molecule has 1 rings (SSSR count). The topological polar surface area (TPSA) is 29.5 Å². The molecule has 0 N–H and O–H groups in total. The standard InChI is InChI=1S/C13H19NO2S/c1-5-16-13(15)10(2)9-14(4)11(3)12-7-6-8-17-12/h6-8,11H,2,5,9H2,1,3-4H3. The number of rotatable bonds is 6. The lowest BCUT2D eigenvalue weighted by Gasteiger charge is -2.24. The Bertz CT molecular complexity index is 373. The summed E-state index contributed by atoms with van der Waals surface area (Å²) >= 11 is 1.72. The van der Waals surface area contributed by atoms with Crippen LogP contribution in [0.5, 0.6) is 0 Å². The van der Waals surface area contributed by atoms with Crippen LogP contribution in [0.4, 0.5) is 0 Å². The van der Waals surface area contributed by atoms with E-state index < -0.39 is 0 Å². The maximum atomic E-state index is 11.4. The van der Waals surface area contributed by atoms with E-state index in [0.717, 1.165) is 0 Å². The molecule has 0 radical (unpaired) electrons. The molecule has 1 heterocycles. The average molecular weight is 253 g/mol. The number of carbonyl (C=O) groups is 1. The lowest BCUT2D eigenvalue weighted by atomic mass is 10.2. The van der Waals surface area contributed by atoms with Gasteiger partial charge >= 0.3 is 5.97 Å². The van der Waals surface area contributed by atoms with Crippen molar-refractivity contribution in [3.05, 3.63) is 34.5 Å². The number of ether oxygens (including phenoxy) is 1. The van der Waals surface area contributed by atoms with Gasteiger partial charge in [-0.1, -0.05) is 12.6 Å². The molecule has 17 heavy (non-hydrogen) atoms. The summed E-state index contributed by atoms with van der Waals surface area (Å²) in [6, 6.07) is 4.41. The van der Waals surface area contributed by atoms with Gasteiger partial charge in [-0.05, 0) is 32.3 Å². The second-order valence-electron chi connectivity index (χ2n) is 3.93. The Labute approximate surface area is 107 Å². The number of hydrogen-bond acceptors (Lipinski definition) is 4. The first kappa shape index (κ1) is 13.9. The predicted molar refractivity (Wildman–Crippen MR) is 71.1 cm³/mol. The molecular weight excluding hydrogens is 234 g/mol. The fourth-order valence-corrected chi connectivity index (χ4v) is 2.33. The highest BCUT2D eigenvalue weighted by molar-refractivity contribution is 7.10. The summed E-state index contributed by atoms with van der Waals surface area (Å²) in [4.78, 5) is 14.8. The highest BCUT2D eigenvalue weighted by Crippen LogP contribution is 2.23. The van der Waals surface area contributed by atoms with Crippen LogP contribution in [-0.4, -0.2) is 31.1 Å². The maximum absolute atomic E-state index is 11.4. The molecule has 0 spiro atoms. The Hall–Kier alpha value is -1.13. The fourth-order valence-electron chi connectivity index (χ4n) is 1.48. The minimum Gasteiger partial charge on any atom is -0.463 e. The number of thiophene rings is 1. The smallest absolute Gasteiger partial charge is 0.334 e. The van der Waals surface area contributed by atoms with E-state index in [-0.39, 0.29) is 12.0 Å². The summed E-state index contributed by atoms with van der Waals surface area (Å²) in [5.74, 6) is -0.308. The number of esters is 1. The summed E-state index contributed by atoms with van der Waals surface area (Å²) < 4.78 is 4.91. The number of nitrogens with zero attached hydrogens (tertiary/aromatic N) is 1. The molecular formula is C13H19NO2S. The van der Waals surface area contributed by atoms with E-state index in [1.54, 1.807) is 18.3 Å². The molecule has 1 aromatic heterocycles. The molecule has 94 valence electrons. The van der Waals surface area contributed by atoms with Crippen LogP contribution in [0, 0.1) is 0 Å². The molecule has 0 saturated heterocycles. The summed E-state index contributed by atoms with van der Waals surface area (Å²) in [7, 11) is 1.98. The number of likely N-dealkylation sites (N-methyl/N-ethyl adjacent to an activating group) is 1. The highest BCUT2D eigenvalue weighted by atomic mass is 32.1. The third-order valence-corrected chi connectivity index (χ3v) is 3.66. The van der Waals surface area contributed by atoms with Gasteiger partial charge in [0.05, 0.1) is 6.61 Å². The first-order valence-electron chi connectivity index (χ1n) is 5.64. The molecule has 4 heteroatoms. The Kier molecular flexibility index (Phi) is 5.38. The lowest BCUT2D eigenvalue weighted by Crippen LogP contribution is -2.27. The molecule has 0 aliphatic carbocycles. The first-order chi connectivity index (χ1) is 8.06. The Balaban J connectivity index is 2.51. The zero-order chi connectivity index (χ0) is 12.8. The van der Waals surface area contributed by atoms with Crippen molar-refractivity contribution < 1.29 is 9.53 Å². The molecule has 0 aliphatic rings. The van der Waals surface area contributed by atoms with Crippen LogP contribution < -0.4 is 0 Å². The lowest BCUT2D eigenvalue weighted by molar-refractivity contribution is -0.138. The largest absolute Gasteiger partial charge is 0.463 e. The molecule has 3 nitrogen and oxygen atoms in total. The summed E-state index contributed by atoms with van der Waals surface area (Å²) in [6.07, 6.45) is 0. The second kappa shape index (κ2) is 6.57. The molecule has 0 saturated carbocycles. The molecule has 1 atom stereocenters. The van der Waals surface area contributed by atoms with Gasteiger partial charge in [0.15, 0.2) is 0 Å². The van der Waals surface area contributed by atoms with E-state index in [9.17, 15) is 4.79 Å². The van der Waals surface area contributed by atoms with Crippen molar-refractivity contribution in [1.29, 1.82) is 0 Å². The van der Waals surface area contributed by atoms with Crippen LogP contribution in [0.15, 0.2) is 29.7 Å². The zero-order valence-electron chi connectivity index (χ0n) is 10.6. The van der Waals surface area contributed by atoms with Crippen LogP contribution >= 0.6 is 11.3 Å². The van der Waals surface area contributed by atoms with Crippen molar-refractivity contribution in [2.24, 2.45) is 0 Å². The quantitative estimate of drug-likeness (QED) is 0.577. The Morgan fingerprint density at radius 1 is 1.65 bits per heavy atom. The molecule has 0 aliphatic heterocycles. The monoisotopic (exact) mass is 253 g/mol. The van der Waals surface area contributed by atoms with E-state index in [1.807, 2.05) is 13.1 Å². The van der Waals surface area contributed by atoms with Crippen molar-refractivity contribution >= 4 is 17.3 Å². The van der Waals surface area contributed by atoms with Crippen LogP contribution in [0.25, 0.3) is 0 Å². The highest BCUT2D eigenvalue weighted by Gasteiger charge is 2.16. The van der Waals surface area contributed by atoms with Gasteiger partial charge in [0.1, 0.15) is 0 Å². The van der Waals surface area contributed by atoms with E-state index in [2.05, 4.69) is 29.8 Å². The van der Waals surface area contributed by atoms with Crippen LogP contribution in [0.3, 0.4) is 0 Å². The van der Waals surface area contributed by atoms with Crippen molar-refractivity contribution in [3.8, 4) is 0 Å². The van der Waals surface area contributed by atoms with Gasteiger partial charge in [0.25, 0.3) is 0 Å². The summed E-state index contributed by atoms with van der Waals surface area (Å²) in [5.41, 5.74) is 0.498. The maximum Gasteiger partial charge on any atom is 0.334 e. The Morgan fingerprint density at radius 2 is 2.35 bits per heavy atom. The summed E-state index contributed by atoms with van der Waals surface area (Å²) in [5, 5.41) is 2.06. The van der Waals surface area contributed by atoms with E-state index in [4.69, 9.17) is 4.74 Å². The van der Waals surface area contributed by atoms with E-state index in [1.165, 1.54) is 4.88 Å². The number of hydrogen-bond donors (Lipinski definition) is 0. The van der Waals surface area contributed by atoms with Gasteiger partial charge in [-0.15, -0.1) is 11.3 Å². The van der Waals surface area contributed by atoms with Crippen molar-refractivity contribution in [1.82, 2.24) is 4.90 Å². The number of carbonyl (C=O) groups excluding carboxylic acids is 1. The van der Waals surface area contributed by atoms with Crippen LogP contribution in [-0.2, 0) is 9.53 Å². The average Bonchev–Trinajstić information content (AvgIpc) is 2.81. The molecule has 0 aromatic carbocycles. The van der Waals surface area contributed by atoms with E-state index >= 15 is 0 Å². The Morgan fingerprint density at radius 3 is 2.88 bits per heavy atom. The van der Waals surface area contributed by atoms with Crippen LogP contribution in [0.1, 0.15) is 24.8 Å². The third-order valence-electron chi connectivity index (χ3n) is 2.62. The van der Waals surface area contributed by atoms with Gasteiger partial charge in [0.2, 0.25) is 0 Å². The van der Waals surface area contributed by atoms with Crippen LogP contribution in [0.2, 0.25) is 0 Å². The molecule has 0 amide bonds. The van der Waals surface area contributed by atoms with Gasteiger partial charge in [-0.25, -0.2) is 4.79 Å². The van der Waals surface area contributed by atoms with Crippen molar-refractivity contribution in [3.63, 3.8) is 0 Å². The molecule has 1 unspecified atom stereocenters. The second-order valence-corrected chi connectivity index (χ2v) is 4.91. The van der Waals surface area contributed by atoms with E-state index in [0.29, 0.717) is 18.7 Å². The first-order valence-corrected chi connectivity index (χ1v) is 6.52. The molecule has 0 fully saturated rings. The van der Waals surface area contributed by atoms with Gasteiger partial charge in [-0.2, -0.15) is 0 Å². The SMILES string of the molecule is C=C(CN(C)C(C)c1cccs1)C(=O)OCC. The predicted octanol–water partition coefficient (Wildman–Crippen LogP) is 2.86. The molecule has 1 aromatic rings. The minimum atomic E-state index is -0.308. The fraction of sp³-hybridized carbons (Fsp3) is 0.462. The van der Waals surface area contributed by atoms with Gasteiger partial charge in [0, 0.05) is 23.0 Å². The van der Waals surface area contributed by atoms with Crippen molar-refractivity contribution in [2.75, 3.05) is 20.2 Å². The zero-order valence-corrected chi connectivity index (χ0v) is 11.4.